The van der Waals surface area contributed by atoms with E-state index in [2.05, 4.69) is 24.3 Å². The van der Waals surface area contributed by atoms with Crippen LogP contribution < -0.4 is 10.9 Å². The van der Waals surface area contributed by atoms with Crippen molar-refractivity contribution in [1.82, 2.24) is 9.78 Å². The molecule has 0 radical (unpaired) electrons. The molecule has 1 fully saturated rings. The number of benzene rings is 1. The number of nitrogens with zero attached hydrogens (tertiary/aromatic N) is 2. The quantitative estimate of drug-likeness (QED) is 0.478. The number of ether oxygens (including phenoxy) is 1. The lowest BCUT2D eigenvalue weighted by Gasteiger charge is -2.12. The fourth-order valence-electron chi connectivity index (χ4n) is 4.32. The van der Waals surface area contributed by atoms with Crippen molar-refractivity contribution < 1.29 is 14.3 Å². The molecule has 8 heteroatoms. The van der Waals surface area contributed by atoms with Crippen LogP contribution in [0.4, 0.5) is 5.00 Å². The van der Waals surface area contributed by atoms with E-state index in [9.17, 15) is 14.4 Å². The molecule has 0 spiro atoms. The number of carbonyl (C=O) groups is 2. The van der Waals surface area contributed by atoms with Crippen molar-refractivity contribution >= 4 is 39.0 Å². The van der Waals surface area contributed by atoms with Crippen LogP contribution >= 0.6 is 11.3 Å². The summed E-state index contributed by atoms with van der Waals surface area (Å²) in [7, 11) is 0. The van der Waals surface area contributed by atoms with E-state index in [4.69, 9.17) is 4.74 Å². The summed E-state index contributed by atoms with van der Waals surface area (Å²) in [5, 5.41) is 10.1. The fraction of sp³-hybridized carbons (Fsp3) is 0.440. The van der Waals surface area contributed by atoms with Gasteiger partial charge in [0, 0.05) is 17.2 Å². The molecule has 1 N–H and O–H groups in total. The highest BCUT2D eigenvalue weighted by atomic mass is 32.1. The molecule has 1 aliphatic carbocycles. The van der Waals surface area contributed by atoms with Crippen molar-refractivity contribution in [3.63, 3.8) is 0 Å². The summed E-state index contributed by atoms with van der Waals surface area (Å²) >= 11 is 1.23. The predicted molar refractivity (Wildman–Crippen MR) is 130 cm³/mol. The Hall–Kier alpha value is -3.00. The third-order valence-electron chi connectivity index (χ3n) is 6.13. The number of fused-ring (bicyclic) bond motifs is 1. The highest BCUT2D eigenvalue weighted by Crippen LogP contribution is 2.32. The van der Waals surface area contributed by atoms with Crippen LogP contribution in [0.3, 0.4) is 0 Å². The molecule has 1 amide bonds. The smallest absolute Gasteiger partial charge is 0.359 e. The number of nitrogens with one attached hydrogen (secondary N) is 1. The Bertz CT molecular complexity index is 1220. The molecule has 1 aliphatic rings. The SMILES string of the molecule is CCOC(=O)c1nn(-c2ccc(C(C)C)cc2)c(=O)c2c(NC(=O)CC3CCCC3)scc12. The molecule has 174 valence electrons. The summed E-state index contributed by atoms with van der Waals surface area (Å²) in [4.78, 5) is 38.8. The van der Waals surface area contributed by atoms with Crippen molar-refractivity contribution in [3.8, 4) is 5.69 Å². The number of rotatable bonds is 7. The molecule has 33 heavy (non-hydrogen) atoms. The molecule has 2 heterocycles. The fourth-order valence-corrected chi connectivity index (χ4v) is 5.27. The number of esters is 1. The van der Waals surface area contributed by atoms with Gasteiger partial charge < -0.3 is 10.1 Å². The van der Waals surface area contributed by atoms with Gasteiger partial charge in [0.05, 0.1) is 17.7 Å². The molecule has 3 aromatic rings. The third kappa shape index (κ3) is 4.85. The monoisotopic (exact) mass is 467 g/mol. The summed E-state index contributed by atoms with van der Waals surface area (Å²) in [6.45, 7) is 6.10. The first-order valence-corrected chi connectivity index (χ1v) is 12.4. The molecule has 4 rings (SSSR count). The standard InChI is InChI=1S/C25H29N3O4S/c1-4-32-25(31)22-19-14-33-23(26-20(29)13-16-7-5-6-8-16)21(19)24(30)28(27-22)18-11-9-17(10-12-18)15(2)3/h9-12,14-16H,4-8,13H2,1-3H3,(H,26,29). The first-order valence-electron chi connectivity index (χ1n) is 11.5. The van der Waals surface area contributed by atoms with Crippen molar-refractivity contribution in [2.75, 3.05) is 11.9 Å². The van der Waals surface area contributed by atoms with Gasteiger partial charge in [-0.2, -0.15) is 9.78 Å². The van der Waals surface area contributed by atoms with E-state index in [0.29, 0.717) is 34.3 Å². The molecule has 0 bridgehead atoms. The first-order chi connectivity index (χ1) is 15.9. The van der Waals surface area contributed by atoms with E-state index >= 15 is 0 Å². The van der Waals surface area contributed by atoms with Gasteiger partial charge in [0.1, 0.15) is 5.00 Å². The van der Waals surface area contributed by atoms with E-state index in [1.807, 2.05) is 24.3 Å². The number of hydrogen-bond acceptors (Lipinski definition) is 6. The van der Waals surface area contributed by atoms with Gasteiger partial charge in [-0.1, -0.05) is 38.8 Å². The van der Waals surface area contributed by atoms with Gasteiger partial charge in [-0.15, -0.1) is 11.3 Å². The van der Waals surface area contributed by atoms with Crippen LogP contribution in [0.15, 0.2) is 34.4 Å². The molecule has 0 unspecified atom stereocenters. The average Bonchev–Trinajstić information content (AvgIpc) is 3.45. The van der Waals surface area contributed by atoms with Crippen molar-refractivity contribution in [1.29, 1.82) is 0 Å². The Kier molecular flexibility index (Phi) is 6.93. The molecule has 1 aromatic carbocycles. The lowest BCUT2D eigenvalue weighted by molar-refractivity contribution is -0.117. The van der Waals surface area contributed by atoms with E-state index in [1.165, 1.54) is 16.0 Å². The van der Waals surface area contributed by atoms with Crippen LogP contribution in [-0.2, 0) is 9.53 Å². The number of thiophene rings is 1. The van der Waals surface area contributed by atoms with E-state index in [1.54, 1.807) is 12.3 Å². The Morgan fingerprint density at radius 1 is 1.21 bits per heavy atom. The molecular formula is C25H29N3O4S. The maximum absolute atomic E-state index is 13.5. The average molecular weight is 468 g/mol. The van der Waals surface area contributed by atoms with Crippen LogP contribution in [-0.4, -0.2) is 28.3 Å². The normalized spacial score (nSPS) is 14.2. The minimum atomic E-state index is -0.600. The van der Waals surface area contributed by atoms with Crippen LogP contribution in [0.25, 0.3) is 16.5 Å². The zero-order valence-electron chi connectivity index (χ0n) is 19.2. The topological polar surface area (TPSA) is 90.3 Å². The summed E-state index contributed by atoms with van der Waals surface area (Å²) in [5.41, 5.74) is 1.36. The zero-order chi connectivity index (χ0) is 23.5. The van der Waals surface area contributed by atoms with E-state index < -0.39 is 5.97 Å². The van der Waals surface area contributed by atoms with Gasteiger partial charge in [-0.25, -0.2) is 4.79 Å². The summed E-state index contributed by atoms with van der Waals surface area (Å²) in [6.07, 6.45) is 4.90. The Morgan fingerprint density at radius 3 is 2.55 bits per heavy atom. The summed E-state index contributed by atoms with van der Waals surface area (Å²) in [5.74, 6) is 0.0352. The molecule has 0 aliphatic heterocycles. The van der Waals surface area contributed by atoms with Crippen LogP contribution in [0.2, 0.25) is 0 Å². The second-order valence-electron chi connectivity index (χ2n) is 8.79. The molecule has 0 saturated heterocycles. The Balaban J connectivity index is 1.78. The number of amides is 1. The third-order valence-corrected chi connectivity index (χ3v) is 7.02. The van der Waals surface area contributed by atoms with Gasteiger partial charge in [-0.05, 0) is 49.3 Å². The molecule has 2 aromatic heterocycles. The van der Waals surface area contributed by atoms with Gasteiger partial charge in [0.15, 0.2) is 5.69 Å². The number of aromatic nitrogens is 2. The summed E-state index contributed by atoms with van der Waals surface area (Å²) < 4.78 is 6.42. The van der Waals surface area contributed by atoms with Gasteiger partial charge in [0.2, 0.25) is 5.91 Å². The first kappa shape index (κ1) is 23.2. The second kappa shape index (κ2) is 9.87. The van der Waals surface area contributed by atoms with Crippen molar-refractivity contribution in [3.05, 3.63) is 51.3 Å². The highest BCUT2D eigenvalue weighted by Gasteiger charge is 2.24. The van der Waals surface area contributed by atoms with Crippen LogP contribution in [0, 0.1) is 5.92 Å². The zero-order valence-corrected chi connectivity index (χ0v) is 20.0. The number of carbonyl (C=O) groups excluding carboxylic acids is 2. The van der Waals surface area contributed by atoms with Crippen molar-refractivity contribution in [2.24, 2.45) is 5.92 Å². The Morgan fingerprint density at radius 2 is 1.91 bits per heavy atom. The van der Waals surface area contributed by atoms with E-state index in [-0.39, 0.29) is 29.2 Å². The van der Waals surface area contributed by atoms with Crippen molar-refractivity contribution in [2.45, 2.75) is 58.8 Å². The lowest BCUT2D eigenvalue weighted by atomic mass is 10.0. The predicted octanol–water partition coefficient (Wildman–Crippen LogP) is 5.27. The largest absolute Gasteiger partial charge is 0.461 e. The minimum Gasteiger partial charge on any atom is -0.461 e. The molecule has 0 atom stereocenters. The van der Waals surface area contributed by atoms with Gasteiger partial charge in [0.25, 0.3) is 5.56 Å². The minimum absolute atomic E-state index is 0.0620. The van der Waals surface area contributed by atoms with Gasteiger partial charge in [-0.3, -0.25) is 9.59 Å². The van der Waals surface area contributed by atoms with Gasteiger partial charge >= 0.3 is 5.97 Å². The maximum atomic E-state index is 13.5. The number of hydrogen-bond donors (Lipinski definition) is 1. The van der Waals surface area contributed by atoms with Crippen LogP contribution in [0.5, 0.6) is 0 Å². The maximum Gasteiger partial charge on any atom is 0.359 e. The molecule has 1 saturated carbocycles. The molecular weight excluding hydrogens is 438 g/mol. The highest BCUT2D eigenvalue weighted by molar-refractivity contribution is 7.16. The van der Waals surface area contributed by atoms with E-state index in [0.717, 1.165) is 31.2 Å². The second-order valence-corrected chi connectivity index (χ2v) is 9.67. The van der Waals surface area contributed by atoms with Crippen LogP contribution in [0.1, 0.15) is 74.8 Å². The lowest BCUT2D eigenvalue weighted by Crippen LogP contribution is -2.25. The Labute approximate surface area is 196 Å². The summed E-state index contributed by atoms with van der Waals surface area (Å²) in [6, 6.07) is 7.52. The number of anilines is 1. The molecule has 7 nitrogen and oxygen atoms in total.